The van der Waals surface area contributed by atoms with Crippen molar-refractivity contribution >= 4 is 11.9 Å². The van der Waals surface area contributed by atoms with Crippen molar-refractivity contribution in [3.63, 3.8) is 0 Å². The smallest absolute Gasteiger partial charge is 0.230 e. The van der Waals surface area contributed by atoms with Crippen LogP contribution in [0.25, 0.3) is 0 Å². The van der Waals surface area contributed by atoms with Crippen molar-refractivity contribution < 1.29 is 14.3 Å². The van der Waals surface area contributed by atoms with Gasteiger partial charge in [0.05, 0.1) is 20.1 Å². The molecular weight excluding hydrogens is 246 g/mol. The van der Waals surface area contributed by atoms with Gasteiger partial charge in [0, 0.05) is 12.4 Å². The molecule has 0 unspecified atom stereocenters. The van der Waals surface area contributed by atoms with Crippen molar-refractivity contribution in [2.45, 2.75) is 6.42 Å². The fraction of sp³-hybridized carbons (Fsp3) is 0.231. The number of imidazole rings is 1. The lowest BCUT2D eigenvalue weighted by molar-refractivity contribution is -0.116. The number of carbonyl (C=O) groups excluding carboxylic acids is 1. The Morgan fingerprint density at radius 3 is 2.68 bits per heavy atom. The summed E-state index contributed by atoms with van der Waals surface area (Å²) in [5.41, 5.74) is 0. The molecule has 1 amide bonds. The number of ether oxygens (including phenoxy) is 2. The van der Waals surface area contributed by atoms with E-state index in [1.54, 1.807) is 43.8 Å². The van der Waals surface area contributed by atoms with E-state index in [4.69, 9.17) is 9.47 Å². The van der Waals surface area contributed by atoms with Gasteiger partial charge in [-0.25, -0.2) is 4.98 Å². The Morgan fingerprint density at radius 2 is 2.05 bits per heavy atom. The number of benzene rings is 1. The van der Waals surface area contributed by atoms with Crippen molar-refractivity contribution in [2.24, 2.45) is 0 Å². The molecule has 2 rings (SSSR count). The number of carbonyl (C=O) groups is 1. The maximum Gasteiger partial charge on any atom is 0.230 e. The summed E-state index contributed by atoms with van der Waals surface area (Å²) in [6.07, 6.45) is 3.47. The van der Waals surface area contributed by atoms with Gasteiger partial charge in [0.25, 0.3) is 0 Å². The zero-order valence-corrected chi connectivity index (χ0v) is 10.6. The fourth-order valence-corrected chi connectivity index (χ4v) is 1.46. The molecule has 100 valence electrons. The average Bonchev–Trinajstić information content (AvgIpc) is 2.92. The number of nitrogens with zero attached hydrogens (tertiary/aromatic N) is 1. The van der Waals surface area contributed by atoms with Crippen molar-refractivity contribution in [3.05, 3.63) is 36.7 Å². The molecule has 0 spiro atoms. The molecule has 0 aliphatic rings. The molecule has 0 saturated carbocycles. The van der Waals surface area contributed by atoms with E-state index in [-0.39, 0.29) is 12.3 Å². The van der Waals surface area contributed by atoms with Crippen molar-refractivity contribution in [2.75, 3.05) is 19.0 Å². The molecule has 0 atom stereocenters. The Balaban J connectivity index is 1.72. The van der Waals surface area contributed by atoms with E-state index in [0.29, 0.717) is 18.3 Å². The lowest BCUT2D eigenvalue weighted by Gasteiger charge is -2.06. The highest BCUT2D eigenvalue weighted by atomic mass is 16.5. The highest BCUT2D eigenvalue weighted by Crippen LogP contribution is 2.17. The van der Waals surface area contributed by atoms with Gasteiger partial charge in [-0.15, -0.1) is 0 Å². The van der Waals surface area contributed by atoms with Gasteiger partial charge in [-0.1, -0.05) is 0 Å². The van der Waals surface area contributed by atoms with Crippen molar-refractivity contribution in [1.29, 1.82) is 0 Å². The van der Waals surface area contributed by atoms with Crippen LogP contribution in [0.1, 0.15) is 6.42 Å². The molecule has 0 fully saturated rings. The molecule has 0 aliphatic carbocycles. The number of anilines is 1. The number of hydrogen-bond acceptors (Lipinski definition) is 4. The second kappa shape index (κ2) is 6.44. The van der Waals surface area contributed by atoms with Crippen molar-refractivity contribution in [1.82, 2.24) is 9.97 Å². The van der Waals surface area contributed by atoms with Crippen LogP contribution in [0.15, 0.2) is 36.7 Å². The summed E-state index contributed by atoms with van der Waals surface area (Å²) in [5.74, 6) is 1.76. The SMILES string of the molecule is COc1ccc(OCCC(=O)Nc2ncc[nH]2)cc1. The van der Waals surface area contributed by atoms with Crippen LogP contribution in [-0.4, -0.2) is 29.6 Å². The van der Waals surface area contributed by atoms with Crippen LogP contribution in [-0.2, 0) is 4.79 Å². The monoisotopic (exact) mass is 261 g/mol. The van der Waals surface area contributed by atoms with Gasteiger partial charge in [-0.05, 0) is 24.3 Å². The molecule has 6 nitrogen and oxygen atoms in total. The number of nitrogens with one attached hydrogen (secondary N) is 2. The summed E-state index contributed by atoms with van der Waals surface area (Å²) >= 11 is 0. The van der Waals surface area contributed by atoms with Crippen LogP contribution in [0.3, 0.4) is 0 Å². The molecule has 19 heavy (non-hydrogen) atoms. The fourth-order valence-electron chi connectivity index (χ4n) is 1.46. The topological polar surface area (TPSA) is 76.2 Å². The van der Waals surface area contributed by atoms with Crippen LogP contribution in [0.5, 0.6) is 11.5 Å². The number of aromatic nitrogens is 2. The molecule has 1 aromatic carbocycles. The number of amides is 1. The molecule has 2 aromatic rings. The number of hydrogen-bond donors (Lipinski definition) is 2. The van der Waals surface area contributed by atoms with Gasteiger partial charge < -0.3 is 14.5 Å². The number of methoxy groups -OCH3 is 1. The standard InChI is InChI=1S/C13H15N3O3/c1-18-10-2-4-11(5-3-10)19-9-6-12(17)16-13-14-7-8-15-13/h2-5,7-8H,6,9H2,1H3,(H2,14,15,16,17). The van der Waals surface area contributed by atoms with Gasteiger partial charge in [0.1, 0.15) is 11.5 Å². The van der Waals surface area contributed by atoms with Gasteiger partial charge in [-0.3, -0.25) is 10.1 Å². The minimum atomic E-state index is -0.150. The van der Waals surface area contributed by atoms with Crippen LogP contribution in [0.2, 0.25) is 0 Å². The second-order valence-corrected chi connectivity index (χ2v) is 3.76. The zero-order chi connectivity index (χ0) is 13.5. The third-order valence-corrected chi connectivity index (χ3v) is 2.41. The second-order valence-electron chi connectivity index (χ2n) is 3.76. The quantitative estimate of drug-likeness (QED) is 0.831. The first-order chi connectivity index (χ1) is 9.28. The van der Waals surface area contributed by atoms with Gasteiger partial charge in [0.2, 0.25) is 11.9 Å². The zero-order valence-electron chi connectivity index (χ0n) is 10.6. The number of rotatable bonds is 6. The average molecular weight is 261 g/mol. The van der Waals surface area contributed by atoms with E-state index < -0.39 is 0 Å². The van der Waals surface area contributed by atoms with Crippen LogP contribution < -0.4 is 14.8 Å². The summed E-state index contributed by atoms with van der Waals surface area (Å²) in [6, 6.07) is 7.20. The predicted molar refractivity (Wildman–Crippen MR) is 70.3 cm³/mol. The minimum Gasteiger partial charge on any atom is -0.497 e. The maximum atomic E-state index is 11.5. The predicted octanol–water partition coefficient (Wildman–Crippen LogP) is 1.83. The third-order valence-electron chi connectivity index (χ3n) is 2.41. The Hall–Kier alpha value is -2.50. The van der Waals surface area contributed by atoms with Gasteiger partial charge in [0.15, 0.2) is 0 Å². The van der Waals surface area contributed by atoms with Crippen molar-refractivity contribution in [3.8, 4) is 11.5 Å². The third kappa shape index (κ3) is 4.02. The Bertz CT molecular complexity index is 508. The van der Waals surface area contributed by atoms with Gasteiger partial charge >= 0.3 is 0 Å². The highest BCUT2D eigenvalue weighted by molar-refractivity contribution is 5.88. The highest BCUT2D eigenvalue weighted by Gasteiger charge is 2.04. The Kier molecular flexibility index (Phi) is 4.39. The van der Waals surface area contributed by atoms with E-state index >= 15 is 0 Å². The summed E-state index contributed by atoms with van der Waals surface area (Å²) in [7, 11) is 1.61. The summed E-state index contributed by atoms with van der Waals surface area (Å²) < 4.78 is 10.5. The first-order valence-electron chi connectivity index (χ1n) is 5.84. The normalized spacial score (nSPS) is 9.95. The molecule has 1 aromatic heterocycles. The number of aromatic amines is 1. The lowest BCUT2D eigenvalue weighted by Crippen LogP contribution is -2.15. The van der Waals surface area contributed by atoms with E-state index in [9.17, 15) is 4.79 Å². The molecule has 2 N–H and O–H groups in total. The Labute approximate surface area is 110 Å². The van der Waals surface area contributed by atoms with Crippen LogP contribution in [0, 0.1) is 0 Å². The summed E-state index contributed by atoms with van der Waals surface area (Å²) in [4.78, 5) is 18.2. The largest absolute Gasteiger partial charge is 0.497 e. The van der Waals surface area contributed by atoms with Crippen LogP contribution >= 0.6 is 0 Å². The maximum absolute atomic E-state index is 11.5. The first-order valence-corrected chi connectivity index (χ1v) is 5.84. The van der Waals surface area contributed by atoms with E-state index in [1.807, 2.05) is 0 Å². The summed E-state index contributed by atoms with van der Waals surface area (Å²) in [6.45, 7) is 0.304. The lowest BCUT2D eigenvalue weighted by atomic mass is 10.3. The molecular formula is C13H15N3O3. The molecule has 0 saturated heterocycles. The van der Waals surface area contributed by atoms with E-state index in [1.165, 1.54) is 0 Å². The molecule has 0 aliphatic heterocycles. The summed E-state index contributed by atoms with van der Waals surface area (Å²) in [5, 5.41) is 2.62. The molecule has 0 bridgehead atoms. The van der Waals surface area contributed by atoms with E-state index in [2.05, 4.69) is 15.3 Å². The molecule has 0 radical (unpaired) electrons. The molecule has 6 heteroatoms. The van der Waals surface area contributed by atoms with E-state index in [0.717, 1.165) is 5.75 Å². The molecule has 1 heterocycles. The number of H-pyrrole nitrogens is 1. The Morgan fingerprint density at radius 1 is 1.32 bits per heavy atom. The first kappa shape index (κ1) is 12.9. The minimum absolute atomic E-state index is 0.150. The van der Waals surface area contributed by atoms with Crippen LogP contribution in [0.4, 0.5) is 5.95 Å². The van der Waals surface area contributed by atoms with Gasteiger partial charge in [-0.2, -0.15) is 0 Å².